The highest BCUT2D eigenvalue weighted by Crippen LogP contribution is 2.55. The van der Waals surface area contributed by atoms with E-state index < -0.39 is 29.7 Å². The lowest BCUT2D eigenvalue weighted by atomic mass is 9.65. The number of hydrogen-bond donors (Lipinski definition) is 1. The van der Waals surface area contributed by atoms with Crippen molar-refractivity contribution >= 4 is 11.9 Å². The zero-order valence-corrected chi connectivity index (χ0v) is 25.0. The maximum Gasteiger partial charge on any atom is 0.310 e. The van der Waals surface area contributed by atoms with Crippen LogP contribution in [0, 0.1) is 11.8 Å². The van der Waals surface area contributed by atoms with Crippen molar-refractivity contribution in [3.05, 3.63) is 71.0 Å². The molecule has 1 aliphatic carbocycles. The Bertz CT molecular complexity index is 1870. The lowest BCUT2D eigenvalue weighted by molar-refractivity contribution is -0.141. The highest BCUT2D eigenvalue weighted by atomic mass is 16.7. The van der Waals surface area contributed by atoms with E-state index in [4.69, 9.17) is 37.9 Å². The Hall–Kier alpha value is -5.66. The van der Waals surface area contributed by atoms with Crippen molar-refractivity contribution < 1.29 is 47.5 Å². The normalized spacial score (nSPS) is 21.7. The zero-order chi connectivity index (χ0) is 31.5. The summed E-state index contributed by atoms with van der Waals surface area (Å²) < 4.78 is 46.3. The number of nitrogens with one attached hydrogen (secondary N) is 1. The van der Waals surface area contributed by atoms with Crippen LogP contribution in [0.2, 0.25) is 0 Å². The first-order chi connectivity index (χ1) is 22.5. The Morgan fingerprint density at radius 1 is 0.848 bits per heavy atom. The molecule has 0 radical (unpaired) electrons. The van der Waals surface area contributed by atoms with Gasteiger partial charge in [0.15, 0.2) is 40.2 Å². The molecule has 14 heteroatoms. The van der Waals surface area contributed by atoms with Gasteiger partial charge in [0.2, 0.25) is 19.3 Å². The highest BCUT2D eigenvalue weighted by Gasteiger charge is 2.53. The van der Waals surface area contributed by atoms with E-state index in [1.54, 1.807) is 18.2 Å². The molecule has 0 saturated carbocycles. The van der Waals surface area contributed by atoms with Crippen molar-refractivity contribution in [2.45, 2.75) is 12.0 Å². The molecule has 1 saturated heterocycles. The largest absolute Gasteiger partial charge is 0.493 e. The van der Waals surface area contributed by atoms with Gasteiger partial charge in [0, 0.05) is 17.9 Å². The first-order valence-corrected chi connectivity index (χ1v) is 14.5. The summed E-state index contributed by atoms with van der Waals surface area (Å²) in [5.41, 5.74) is 3.02. The van der Waals surface area contributed by atoms with E-state index in [-0.39, 0.29) is 31.9 Å². The Morgan fingerprint density at radius 2 is 1.52 bits per heavy atom. The molecule has 236 valence electrons. The molecule has 0 unspecified atom stereocenters. The molecule has 3 aromatic carbocycles. The Kier molecular flexibility index (Phi) is 6.51. The summed E-state index contributed by atoms with van der Waals surface area (Å²) >= 11 is 0. The fraction of sp³-hybridized carbons (Fsp3) is 0.312. The molecule has 4 atom stereocenters. The van der Waals surface area contributed by atoms with Gasteiger partial charge in [-0.05, 0) is 53.1 Å². The predicted octanol–water partition coefficient (Wildman–Crippen LogP) is 3.16. The number of rotatable bonds is 7. The first-order valence-electron chi connectivity index (χ1n) is 14.5. The van der Waals surface area contributed by atoms with E-state index in [1.165, 1.54) is 32.2 Å². The summed E-state index contributed by atoms with van der Waals surface area (Å²) in [6, 6.07) is 12.1. The van der Waals surface area contributed by atoms with Crippen molar-refractivity contribution in [2.24, 2.45) is 11.8 Å². The number of amides is 1. The van der Waals surface area contributed by atoms with Crippen molar-refractivity contribution in [1.29, 1.82) is 0 Å². The molecule has 0 spiro atoms. The van der Waals surface area contributed by atoms with Crippen LogP contribution in [0.1, 0.15) is 39.1 Å². The number of nitrogens with zero attached hydrogens (tertiary/aromatic N) is 3. The maximum absolute atomic E-state index is 13.7. The molecular weight excluding hydrogens is 600 g/mol. The molecule has 4 heterocycles. The fourth-order valence-corrected chi connectivity index (χ4v) is 6.77. The van der Waals surface area contributed by atoms with Crippen LogP contribution in [-0.2, 0) is 9.53 Å². The maximum atomic E-state index is 13.7. The van der Waals surface area contributed by atoms with Gasteiger partial charge in [0.05, 0.1) is 51.8 Å². The van der Waals surface area contributed by atoms with Gasteiger partial charge in [-0.3, -0.25) is 9.59 Å². The van der Waals surface area contributed by atoms with Crippen molar-refractivity contribution in [3.8, 4) is 45.9 Å². The van der Waals surface area contributed by atoms with Gasteiger partial charge in [0.1, 0.15) is 0 Å². The molecule has 1 N–H and O–H groups in total. The van der Waals surface area contributed by atoms with E-state index in [9.17, 15) is 9.59 Å². The summed E-state index contributed by atoms with van der Waals surface area (Å²) in [5, 5.41) is 11.4. The topological polar surface area (TPSA) is 151 Å². The van der Waals surface area contributed by atoms with E-state index in [2.05, 4.69) is 15.6 Å². The summed E-state index contributed by atoms with van der Waals surface area (Å²) in [7, 11) is 4.60. The number of esters is 1. The number of benzene rings is 3. The van der Waals surface area contributed by atoms with Crippen LogP contribution >= 0.6 is 0 Å². The third kappa shape index (κ3) is 4.31. The van der Waals surface area contributed by atoms with Crippen molar-refractivity contribution in [1.82, 2.24) is 20.3 Å². The van der Waals surface area contributed by atoms with Crippen LogP contribution in [-0.4, -0.2) is 68.4 Å². The van der Waals surface area contributed by atoms with E-state index in [0.717, 1.165) is 16.7 Å². The van der Waals surface area contributed by atoms with Gasteiger partial charge in [0.25, 0.3) is 5.91 Å². The molecule has 46 heavy (non-hydrogen) atoms. The van der Waals surface area contributed by atoms with Crippen molar-refractivity contribution in [3.63, 3.8) is 0 Å². The van der Waals surface area contributed by atoms with Crippen LogP contribution < -0.4 is 38.5 Å². The zero-order valence-electron chi connectivity index (χ0n) is 25.0. The molecule has 4 aromatic rings. The minimum atomic E-state index is -0.648. The fourth-order valence-electron chi connectivity index (χ4n) is 6.77. The lowest BCUT2D eigenvalue weighted by Gasteiger charge is -2.39. The number of ether oxygens (including phenoxy) is 8. The molecule has 1 aromatic heterocycles. The van der Waals surface area contributed by atoms with Gasteiger partial charge >= 0.3 is 5.97 Å². The number of fused-ring (bicyclic) bond motifs is 4. The number of hydrogen-bond acceptors (Lipinski definition) is 12. The highest BCUT2D eigenvalue weighted by molar-refractivity contribution is 5.92. The molecule has 14 nitrogen and oxygen atoms in total. The van der Waals surface area contributed by atoms with Gasteiger partial charge in [-0.1, -0.05) is 5.21 Å². The molecule has 1 fully saturated rings. The lowest BCUT2D eigenvalue weighted by Crippen LogP contribution is -2.43. The van der Waals surface area contributed by atoms with E-state index in [0.29, 0.717) is 45.9 Å². The van der Waals surface area contributed by atoms with Crippen LogP contribution in [0.3, 0.4) is 0 Å². The Morgan fingerprint density at radius 3 is 2.22 bits per heavy atom. The Labute approximate surface area is 262 Å². The number of aromatic nitrogens is 3. The molecule has 1 amide bonds. The molecule has 3 aliphatic heterocycles. The monoisotopic (exact) mass is 628 g/mol. The summed E-state index contributed by atoms with van der Waals surface area (Å²) in [6.07, 6.45) is 1.53. The molecule has 0 bridgehead atoms. The third-order valence-electron chi connectivity index (χ3n) is 8.87. The second kappa shape index (κ2) is 10.8. The smallest absolute Gasteiger partial charge is 0.310 e. The summed E-state index contributed by atoms with van der Waals surface area (Å²) in [6.45, 7) is 0.303. The molecule has 4 aliphatic rings. The SMILES string of the molecule is COc1cc([C@@H]2c3cc4c(cc3[C@@H](NC(=O)c3cn(-c5ccc6c(c5)OCO6)nn3)[C@H]3COC(=O)[C@H]23)OCO4)cc(OC)c1OC. The second-order valence-electron chi connectivity index (χ2n) is 11.1. The van der Waals surface area contributed by atoms with Crippen LogP contribution in [0.5, 0.6) is 40.2 Å². The van der Waals surface area contributed by atoms with Crippen LogP contribution in [0.25, 0.3) is 5.69 Å². The average molecular weight is 629 g/mol. The predicted molar refractivity (Wildman–Crippen MR) is 156 cm³/mol. The number of carbonyl (C=O) groups is 2. The minimum absolute atomic E-state index is 0.0575. The Balaban J connectivity index is 1.19. The minimum Gasteiger partial charge on any atom is -0.493 e. The van der Waals surface area contributed by atoms with Gasteiger partial charge in [-0.25, -0.2) is 4.68 Å². The number of methoxy groups -OCH3 is 3. The second-order valence-corrected chi connectivity index (χ2v) is 11.1. The molecule has 8 rings (SSSR count). The van der Waals surface area contributed by atoms with Crippen LogP contribution in [0.15, 0.2) is 48.7 Å². The van der Waals surface area contributed by atoms with E-state index in [1.807, 2.05) is 24.3 Å². The van der Waals surface area contributed by atoms with Crippen molar-refractivity contribution in [2.75, 3.05) is 41.5 Å². The number of carbonyl (C=O) groups excluding carboxylic acids is 2. The number of cyclic esters (lactones) is 1. The average Bonchev–Trinajstić information content (AvgIpc) is 3.90. The first kappa shape index (κ1) is 27.9. The third-order valence-corrected chi connectivity index (χ3v) is 8.87. The quantitative estimate of drug-likeness (QED) is 0.300. The summed E-state index contributed by atoms with van der Waals surface area (Å²) in [5.74, 6) is 1.22. The van der Waals surface area contributed by atoms with E-state index >= 15 is 0 Å². The van der Waals surface area contributed by atoms with Gasteiger partial charge < -0.3 is 43.2 Å². The summed E-state index contributed by atoms with van der Waals surface area (Å²) in [4.78, 5) is 27.2. The van der Waals surface area contributed by atoms with Gasteiger partial charge in [-0.2, -0.15) is 0 Å². The molecular formula is C32H28N4O10. The van der Waals surface area contributed by atoms with Gasteiger partial charge in [-0.15, -0.1) is 5.10 Å². The van der Waals surface area contributed by atoms with Crippen LogP contribution in [0.4, 0.5) is 0 Å². The standard InChI is InChI=1S/C32H28N4O10/c1-39-25-6-15(7-26(40-2)30(25)41-3)27-17-9-23-24(46-14-45-23)10-18(17)29(19-12-42-32(38)28(19)27)33-31(37)20-11-36(35-34-20)16-4-5-21-22(8-16)44-13-43-21/h4-11,19,27-29H,12-14H2,1-3H3,(H,33,37)/t19-,27+,28-,29+/m0/s1.